The first-order valence-electron chi connectivity index (χ1n) is 9.97. The number of hydrogen-bond donors (Lipinski definition) is 3. The lowest BCUT2D eigenvalue weighted by molar-refractivity contribution is 0.102. The van der Waals surface area contributed by atoms with Crippen LogP contribution in [0.1, 0.15) is 35.1 Å². The SMILES string of the molecule is CCCOc1ccc(C(=O)Nc2ccc(S(=O)(=O)Nc3nc(C)cc(C)n3)cc2)cc1N. The molecule has 3 aromatic rings. The van der Waals surface area contributed by atoms with Gasteiger partial charge in [-0.15, -0.1) is 0 Å². The Bertz CT molecular complexity index is 1210. The Morgan fingerprint density at radius 2 is 1.69 bits per heavy atom. The number of aryl methyl sites for hydroxylation is 2. The molecule has 168 valence electrons. The topological polar surface area (TPSA) is 136 Å². The number of carbonyl (C=O) groups excluding carboxylic acids is 1. The van der Waals surface area contributed by atoms with Crippen molar-refractivity contribution in [3.8, 4) is 5.75 Å². The Balaban J connectivity index is 1.70. The molecule has 0 saturated carbocycles. The van der Waals surface area contributed by atoms with Crippen molar-refractivity contribution in [3.05, 3.63) is 65.5 Å². The van der Waals surface area contributed by atoms with Gasteiger partial charge in [-0.1, -0.05) is 6.92 Å². The van der Waals surface area contributed by atoms with Crippen molar-refractivity contribution < 1.29 is 17.9 Å². The fourth-order valence-electron chi connectivity index (χ4n) is 2.90. The van der Waals surface area contributed by atoms with E-state index in [1.807, 2.05) is 6.92 Å². The smallest absolute Gasteiger partial charge is 0.264 e. The van der Waals surface area contributed by atoms with Crippen molar-refractivity contribution in [2.45, 2.75) is 32.1 Å². The van der Waals surface area contributed by atoms with Crippen LogP contribution in [0.15, 0.2) is 53.4 Å². The van der Waals surface area contributed by atoms with Crippen LogP contribution in [0.5, 0.6) is 5.75 Å². The zero-order valence-corrected chi connectivity index (χ0v) is 18.9. The summed E-state index contributed by atoms with van der Waals surface area (Å²) in [5.74, 6) is 0.151. The predicted molar refractivity (Wildman–Crippen MR) is 123 cm³/mol. The second-order valence-electron chi connectivity index (χ2n) is 7.16. The largest absolute Gasteiger partial charge is 0.491 e. The first-order chi connectivity index (χ1) is 15.2. The highest BCUT2D eigenvalue weighted by Gasteiger charge is 2.17. The summed E-state index contributed by atoms with van der Waals surface area (Å²) >= 11 is 0. The number of nitrogens with zero attached hydrogens (tertiary/aromatic N) is 2. The molecule has 1 aromatic heterocycles. The van der Waals surface area contributed by atoms with Gasteiger partial charge >= 0.3 is 0 Å². The summed E-state index contributed by atoms with van der Waals surface area (Å²) in [4.78, 5) is 20.7. The van der Waals surface area contributed by atoms with Crippen molar-refractivity contribution >= 4 is 33.3 Å². The monoisotopic (exact) mass is 455 g/mol. The molecular formula is C22H25N5O4S. The summed E-state index contributed by atoms with van der Waals surface area (Å²) in [6, 6.07) is 12.3. The maximum atomic E-state index is 12.6. The van der Waals surface area contributed by atoms with E-state index in [1.54, 1.807) is 32.0 Å². The number of carbonyl (C=O) groups is 1. The van der Waals surface area contributed by atoms with Crippen LogP contribution in [0.3, 0.4) is 0 Å². The Hall–Kier alpha value is -3.66. The van der Waals surface area contributed by atoms with Gasteiger partial charge in [0.15, 0.2) is 0 Å². The van der Waals surface area contributed by atoms with Gasteiger partial charge in [-0.3, -0.25) is 4.79 Å². The number of nitrogen functional groups attached to an aromatic ring is 1. The van der Waals surface area contributed by atoms with E-state index in [1.165, 1.54) is 30.3 Å². The van der Waals surface area contributed by atoms with E-state index < -0.39 is 10.0 Å². The summed E-state index contributed by atoms with van der Waals surface area (Å²) in [5.41, 5.74) is 8.42. The Labute approximate surface area is 187 Å². The molecule has 0 bridgehead atoms. The molecule has 0 radical (unpaired) electrons. The van der Waals surface area contributed by atoms with E-state index in [0.717, 1.165) is 6.42 Å². The molecule has 1 heterocycles. The number of sulfonamides is 1. The number of nitrogens with two attached hydrogens (primary N) is 1. The molecule has 0 saturated heterocycles. The molecule has 0 fully saturated rings. The molecule has 3 rings (SSSR count). The molecule has 0 atom stereocenters. The zero-order chi connectivity index (χ0) is 23.3. The normalized spacial score (nSPS) is 11.1. The Morgan fingerprint density at radius 1 is 1.03 bits per heavy atom. The molecule has 0 aliphatic carbocycles. The van der Waals surface area contributed by atoms with Crippen LogP contribution >= 0.6 is 0 Å². The predicted octanol–water partition coefficient (Wildman–Crippen LogP) is 3.52. The van der Waals surface area contributed by atoms with Crippen molar-refractivity contribution in [2.75, 3.05) is 22.4 Å². The average molecular weight is 456 g/mol. The molecule has 10 heteroatoms. The third-order valence-corrected chi connectivity index (χ3v) is 5.71. The average Bonchev–Trinajstić information content (AvgIpc) is 2.72. The minimum Gasteiger partial charge on any atom is -0.491 e. The fourth-order valence-corrected chi connectivity index (χ4v) is 3.85. The van der Waals surface area contributed by atoms with Gasteiger partial charge in [0, 0.05) is 22.6 Å². The highest BCUT2D eigenvalue weighted by molar-refractivity contribution is 7.92. The van der Waals surface area contributed by atoms with Crippen LogP contribution in [-0.2, 0) is 10.0 Å². The van der Waals surface area contributed by atoms with Crippen LogP contribution in [0.25, 0.3) is 0 Å². The van der Waals surface area contributed by atoms with Gasteiger partial charge in [0.05, 0.1) is 17.2 Å². The second-order valence-corrected chi connectivity index (χ2v) is 8.84. The number of amides is 1. The second kappa shape index (κ2) is 9.65. The molecule has 32 heavy (non-hydrogen) atoms. The number of benzene rings is 2. The number of hydrogen-bond acceptors (Lipinski definition) is 7. The van der Waals surface area contributed by atoms with E-state index >= 15 is 0 Å². The first kappa shape index (κ1) is 23.0. The van der Waals surface area contributed by atoms with E-state index in [0.29, 0.717) is 40.7 Å². The van der Waals surface area contributed by atoms with E-state index in [4.69, 9.17) is 10.5 Å². The van der Waals surface area contributed by atoms with Crippen LogP contribution in [0, 0.1) is 13.8 Å². The van der Waals surface area contributed by atoms with E-state index in [-0.39, 0.29) is 16.8 Å². The summed E-state index contributed by atoms with van der Waals surface area (Å²) < 4.78 is 33.1. The van der Waals surface area contributed by atoms with Crippen molar-refractivity contribution in [1.82, 2.24) is 9.97 Å². The van der Waals surface area contributed by atoms with Gasteiger partial charge in [-0.05, 0) is 68.8 Å². The van der Waals surface area contributed by atoms with Gasteiger partial charge in [0.1, 0.15) is 5.75 Å². The molecule has 0 aliphatic rings. The number of anilines is 3. The van der Waals surface area contributed by atoms with Crippen molar-refractivity contribution in [3.63, 3.8) is 0 Å². The molecule has 9 nitrogen and oxygen atoms in total. The molecule has 0 unspecified atom stereocenters. The summed E-state index contributed by atoms with van der Waals surface area (Å²) in [6.45, 7) is 6.03. The summed E-state index contributed by atoms with van der Waals surface area (Å²) in [6.07, 6.45) is 0.848. The lowest BCUT2D eigenvalue weighted by Gasteiger charge is -2.11. The quantitative estimate of drug-likeness (QED) is 0.442. The van der Waals surface area contributed by atoms with E-state index in [9.17, 15) is 13.2 Å². The summed E-state index contributed by atoms with van der Waals surface area (Å²) in [7, 11) is -3.88. The molecule has 2 aromatic carbocycles. The van der Waals surface area contributed by atoms with Crippen LogP contribution in [-0.4, -0.2) is 30.9 Å². The maximum absolute atomic E-state index is 12.6. The van der Waals surface area contributed by atoms with Gasteiger partial charge in [0.25, 0.3) is 15.9 Å². The molecular weight excluding hydrogens is 430 g/mol. The summed E-state index contributed by atoms with van der Waals surface area (Å²) in [5, 5.41) is 2.72. The Kier molecular flexibility index (Phi) is 6.94. The highest BCUT2D eigenvalue weighted by atomic mass is 32.2. The van der Waals surface area contributed by atoms with Crippen LogP contribution in [0.4, 0.5) is 17.3 Å². The first-order valence-corrected chi connectivity index (χ1v) is 11.4. The minimum atomic E-state index is -3.88. The van der Waals surface area contributed by atoms with Crippen LogP contribution in [0.2, 0.25) is 0 Å². The highest BCUT2D eigenvalue weighted by Crippen LogP contribution is 2.24. The third-order valence-electron chi connectivity index (χ3n) is 4.36. The van der Waals surface area contributed by atoms with Gasteiger partial charge in [0.2, 0.25) is 5.95 Å². The van der Waals surface area contributed by atoms with Gasteiger partial charge in [-0.2, -0.15) is 0 Å². The number of ether oxygens (including phenoxy) is 1. The van der Waals surface area contributed by atoms with Crippen molar-refractivity contribution in [1.29, 1.82) is 0 Å². The molecule has 4 N–H and O–H groups in total. The van der Waals surface area contributed by atoms with Gasteiger partial charge in [-0.25, -0.2) is 23.1 Å². The lowest BCUT2D eigenvalue weighted by Crippen LogP contribution is -2.16. The van der Waals surface area contributed by atoms with Crippen LogP contribution < -0.4 is 20.5 Å². The fraction of sp³-hybridized carbons (Fsp3) is 0.227. The van der Waals surface area contributed by atoms with E-state index in [2.05, 4.69) is 20.0 Å². The maximum Gasteiger partial charge on any atom is 0.264 e. The van der Waals surface area contributed by atoms with Gasteiger partial charge < -0.3 is 15.8 Å². The zero-order valence-electron chi connectivity index (χ0n) is 18.0. The molecule has 0 aliphatic heterocycles. The number of nitrogens with one attached hydrogen (secondary N) is 2. The minimum absolute atomic E-state index is 0.00355. The third kappa shape index (κ3) is 5.73. The Morgan fingerprint density at radius 3 is 2.28 bits per heavy atom. The van der Waals surface area contributed by atoms with Crippen molar-refractivity contribution in [2.24, 2.45) is 0 Å². The number of aromatic nitrogens is 2. The standard InChI is InChI=1S/C22H25N5O4S/c1-4-11-31-20-10-5-16(13-19(20)23)21(28)26-17-6-8-18(9-7-17)32(29,30)27-22-24-14(2)12-15(3)25-22/h5-10,12-13H,4,11,23H2,1-3H3,(H,26,28)(H,24,25,27). The molecule has 0 spiro atoms. The number of rotatable bonds is 8. The molecule has 1 amide bonds. The lowest BCUT2D eigenvalue weighted by atomic mass is 10.1.